The number of aliphatic hydroxyl groups excluding tert-OH is 1. The van der Waals surface area contributed by atoms with Crippen LogP contribution in [0.1, 0.15) is 16.8 Å². The molecule has 19 heavy (non-hydrogen) atoms. The van der Waals surface area contributed by atoms with Crippen LogP contribution in [0.2, 0.25) is 0 Å². The molecule has 102 valence electrons. The van der Waals surface area contributed by atoms with E-state index in [1.54, 1.807) is 18.2 Å². The summed E-state index contributed by atoms with van der Waals surface area (Å²) < 4.78 is 0. The van der Waals surface area contributed by atoms with Crippen molar-refractivity contribution >= 4 is 17.8 Å². The van der Waals surface area contributed by atoms with Crippen molar-refractivity contribution in [1.82, 2.24) is 5.32 Å². The average Bonchev–Trinajstić information content (AvgIpc) is 2.35. The Balaban J connectivity index is 2.77. The highest BCUT2D eigenvalue weighted by Crippen LogP contribution is 2.04. The molecule has 0 saturated heterocycles. The maximum atomic E-state index is 11.7. The van der Waals surface area contributed by atoms with Crippen molar-refractivity contribution in [2.24, 2.45) is 0 Å². The van der Waals surface area contributed by atoms with Crippen LogP contribution in [0, 0.1) is 0 Å². The number of carboxylic acid groups (broad SMARTS) is 2. The highest BCUT2D eigenvalue weighted by Gasteiger charge is 2.30. The van der Waals surface area contributed by atoms with Crippen molar-refractivity contribution in [3.63, 3.8) is 0 Å². The predicted molar refractivity (Wildman–Crippen MR) is 63.6 cm³/mol. The molecule has 0 aliphatic carbocycles. The van der Waals surface area contributed by atoms with Gasteiger partial charge in [0.25, 0.3) is 5.91 Å². The van der Waals surface area contributed by atoms with Crippen molar-refractivity contribution in [3.8, 4) is 0 Å². The Labute approximate surface area is 108 Å². The second-order valence-corrected chi connectivity index (χ2v) is 3.82. The average molecular weight is 267 g/mol. The van der Waals surface area contributed by atoms with Crippen molar-refractivity contribution in [1.29, 1.82) is 0 Å². The standard InChI is InChI=1S/C12H13NO6/c14-8(6-9(15)16)10(12(18)19)13-11(17)7-4-2-1-3-5-7/h1-5,8,10,14H,6H2,(H,13,17)(H,15,16)(H,18,19)/t8-,10-/m0/s1. The van der Waals surface area contributed by atoms with E-state index in [4.69, 9.17) is 10.2 Å². The van der Waals surface area contributed by atoms with Gasteiger partial charge in [-0.1, -0.05) is 18.2 Å². The first-order chi connectivity index (χ1) is 8.91. The number of carboxylic acids is 2. The molecule has 1 rings (SSSR count). The van der Waals surface area contributed by atoms with Gasteiger partial charge in [0.15, 0.2) is 6.04 Å². The first-order valence-corrected chi connectivity index (χ1v) is 5.40. The summed E-state index contributed by atoms with van der Waals surface area (Å²) in [4.78, 5) is 33.1. The van der Waals surface area contributed by atoms with E-state index in [1.165, 1.54) is 12.1 Å². The van der Waals surface area contributed by atoms with Crippen LogP contribution >= 0.6 is 0 Å². The molecule has 0 fully saturated rings. The lowest BCUT2D eigenvalue weighted by Gasteiger charge is -2.19. The maximum Gasteiger partial charge on any atom is 0.328 e. The minimum Gasteiger partial charge on any atom is -0.481 e. The van der Waals surface area contributed by atoms with Crippen LogP contribution in [0.25, 0.3) is 0 Å². The van der Waals surface area contributed by atoms with Crippen molar-refractivity contribution in [2.75, 3.05) is 0 Å². The largest absolute Gasteiger partial charge is 0.481 e. The monoisotopic (exact) mass is 267 g/mol. The van der Waals surface area contributed by atoms with Crippen molar-refractivity contribution in [3.05, 3.63) is 35.9 Å². The van der Waals surface area contributed by atoms with Gasteiger partial charge in [-0.15, -0.1) is 0 Å². The minimum absolute atomic E-state index is 0.219. The summed E-state index contributed by atoms with van der Waals surface area (Å²) in [5.41, 5.74) is 0.219. The Morgan fingerprint density at radius 1 is 1.11 bits per heavy atom. The van der Waals surface area contributed by atoms with E-state index >= 15 is 0 Å². The second-order valence-electron chi connectivity index (χ2n) is 3.82. The molecular weight excluding hydrogens is 254 g/mol. The molecule has 1 amide bonds. The summed E-state index contributed by atoms with van der Waals surface area (Å²) in [5, 5.41) is 28.9. The molecule has 0 aliphatic heterocycles. The zero-order valence-electron chi connectivity index (χ0n) is 9.81. The normalized spacial score (nSPS) is 13.3. The molecule has 0 radical (unpaired) electrons. The van der Waals surface area contributed by atoms with Gasteiger partial charge in [0, 0.05) is 5.56 Å². The lowest BCUT2D eigenvalue weighted by Crippen LogP contribution is -2.49. The van der Waals surface area contributed by atoms with Crippen LogP contribution in [0.5, 0.6) is 0 Å². The van der Waals surface area contributed by atoms with Crippen LogP contribution in [-0.4, -0.2) is 45.3 Å². The van der Waals surface area contributed by atoms with Gasteiger partial charge in [0.05, 0.1) is 12.5 Å². The van der Waals surface area contributed by atoms with Crippen LogP contribution in [-0.2, 0) is 9.59 Å². The molecule has 4 N–H and O–H groups in total. The Kier molecular flexibility index (Phi) is 5.01. The Bertz CT molecular complexity index is 472. The zero-order valence-corrected chi connectivity index (χ0v) is 9.81. The smallest absolute Gasteiger partial charge is 0.328 e. The summed E-state index contributed by atoms with van der Waals surface area (Å²) in [7, 11) is 0. The molecule has 1 aromatic rings. The van der Waals surface area contributed by atoms with Crippen molar-refractivity contribution < 1.29 is 29.7 Å². The van der Waals surface area contributed by atoms with E-state index in [2.05, 4.69) is 5.32 Å². The van der Waals surface area contributed by atoms with Gasteiger partial charge in [0.1, 0.15) is 0 Å². The second kappa shape index (κ2) is 6.50. The zero-order chi connectivity index (χ0) is 14.4. The molecule has 0 heterocycles. The number of aliphatic carboxylic acids is 2. The van der Waals surface area contributed by atoms with Gasteiger partial charge >= 0.3 is 11.9 Å². The van der Waals surface area contributed by atoms with Gasteiger partial charge in [-0.25, -0.2) is 4.79 Å². The Morgan fingerprint density at radius 2 is 1.68 bits per heavy atom. The molecule has 0 bridgehead atoms. The van der Waals surface area contributed by atoms with Crippen LogP contribution in [0.15, 0.2) is 30.3 Å². The van der Waals surface area contributed by atoms with Crippen LogP contribution < -0.4 is 5.32 Å². The topological polar surface area (TPSA) is 124 Å². The molecule has 0 saturated carbocycles. The first-order valence-electron chi connectivity index (χ1n) is 5.40. The fourth-order valence-electron chi connectivity index (χ4n) is 1.43. The highest BCUT2D eigenvalue weighted by atomic mass is 16.4. The molecule has 0 unspecified atom stereocenters. The quantitative estimate of drug-likeness (QED) is 0.561. The molecule has 1 aromatic carbocycles. The fraction of sp³-hybridized carbons (Fsp3) is 0.250. The van der Waals surface area contributed by atoms with Crippen LogP contribution in [0.3, 0.4) is 0 Å². The summed E-state index contributed by atoms with van der Waals surface area (Å²) >= 11 is 0. The lowest BCUT2D eigenvalue weighted by atomic mass is 10.1. The van der Waals surface area contributed by atoms with E-state index in [0.29, 0.717) is 0 Å². The molecular formula is C12H13NO6. The summed E-state index contributed by atoms with van der Waals surface area (Å²) in [6, 6.07) is 6.14. The van der Waals surface area contributed by atoms with E-state index in [0.717, 1.165) is 0 Å². The number of rotatable bonds is 6. The molecule has 0 aliphatic rings. The number of carbonyl (C=O) groups is 3. The maximum absolute atomic E-state index is 11.7. The third-order valence-corrected chi connectivity index (χ3v) is 2.36. The van der Waals surface area contributed by atoms with Gasteiger partial charge in [-0.2, -0.15) is 0 Å². The SMILES string of the molecule is O=C(O)C[C@H](O)[C@H](NC(=O)c1ccccc1)C(=O)O. The lowest BCUT2D eigenvalue weighted by molar-refractivity contribution is -0.145. The first kappa shape index (κ1) is 14.7. The molecule has 7 heteroatoms. The van der Waals surface area contributed by atoms with Crippen molar-refractivity contribution in [2.45, 2.75) is 18.6 Å². The number of nitrogens with one attached hydrogen (secondary N) is 1. The van der Waals surface area contributed by atoms with E-state index < -0.39 is 36.4 Å². The van der Waals surface area contributed by atoms with E-state index in [-0.39, 0.29) is 5.56 Å². The fourth-order valence-corrected chi connectivity index (χ4v) is 1.43. The van der Waals surface area contributed by atoms with Crippen LogP contribution in [0.4, 0.5) is 0 Å². The van der Waals surface area contributed by atoms with E-state index in [9.17, 15) is 19.5 Å². The highest BCUT2D eigenvalue weighted by molar-refractivity contribution is 5.96. The van der Waals surface area contributed by atoms with Gasteiger partial charge in [-0.3, -0.25) is 9.59 Å². The van der Waals surface area contributed by atoms with Gasteiger partial charge < -0.3 is 20.6 Å². The number of benzene rings is 1. The summed E-state index contributed by atoms with van der Waals surface area (Å²) in [6.45, 7) is 0. The summed E-state index contributed by atoms with van der Waals surface area (Å²) in [5.74, 6) is -3.55. The number of hydrogen-bond acceptors (Lipinski definition) is 4. The molecule has 7 nitrogen and oxygen atoms in total. The Hall–Kier alpha value is -2.41. The van der Waals surface area contributed by atoms with Gasteiger partial charge in [0.2, 0.25) is 0 Å². The third-order valence-electron chi connectivity index (χ3n) is 2.36. The predicted octanol–water partition coefficient (Wildman–Crippen LogP) is -0.295. The molecule has 0 spiro atoms. The minimum atomic E-state index is -1.71. The number of carbonyl (C=O) groups excluding carboxylic acids is 1. The van der Waals surface area contributed by atoms with E-state index in [1.807, 2.05) is 0 Å². The molecule has 0 aromatic heterocycles. The number of aliphatic hydroxyl groups is 1. The third kappa shape index (κ3) is 4.40. The number of amides is 1. The van der Waals surface area contributed by atoms with Gasteiger partial charge in [-0.05, 0) is 12.1 Å². The number of hydrogen-bond donors (Lipinski definition) is 4. The molecule has 2 atom stereocenters. The summed E-state index contributed by atoms with van der Waals surface area (Å²) in [6.07, 6.45) is -2.48. The Morgan fingerprint density at radius 3 is 2.16 bits per heavy atom.